The van der Waals surface area contributed by atoms with Crippen LogP contribution in [0.15, 0.2) is 47.4 Å². The van der Waals surface area contributed by atoms with Crippen LogP contribution in [-0.4, -0.2) is 8.42 Å². The van der Waals surface area contributed by atoms with E-state index in [1.165, 1.54) is 12.1 Å². The highest BCUT2D eigenvalue weighted by molar-refractivity contribution is 7.93. The second-order valence-corrected chi connectivity index (χ2v) is 6.70. The Morgan fingerprint density at radius 1 is 1.14 bits per heavy atom. The quantitative estimate of drug-likeness (QED) is 0.824. The van der Waals surface area contributed by atoms with E-state index in [4.69, 9.17) is 17.3 Å². The number of nitrogens with one attached hydrogen (secondary N) is 1. The van der Waals surface area contributed by atoms with Crippen LogP contribution in [0.4, 0.5) is 11.4 Å². The monoisotopic (exact) mass is 324 g/mol. The normalized spacial score (nSPS) is 11.3. The number of hydrogen-bond acceptors (Lipinski definition) is 3. The number of nitrogens with two attached hydrogens (primary N) is 1. The molecule has 0 aromatic heterocycles. The van der Waals surface area contributed by atoms with Crippen LogP contribution in [0.2, 0.25) is 5.02 Å². The molecule has 0 heterocycles. The van der Waals surface area contributed by atoms with Crippen LogP contribution >= 0.6 is 11.6 Å². The molecule has 0 aliphatic rings. The van der Waals surface area contributed by atoms with Gasteiger partial charge in [-0.15, -0.1) is 0 Å². The van der Waals surface area contributed by atoms with Crippen molar-refractivity contribution in [3.05, 3.63) is 53.1 Å². The van der Waals surface area contributed by atoms with Gasteiger partial charge in [0.05, 0.1) is 16.4 Å². The van der Waals surface area contributed by atoms with Crippen LogP contribution in [0.25, 0.3) is 0 Å². The Bertz CT molecular complexity index is 725. The summed E-state index contributed by atoms with van der Waals surface area (Å²) in [5.41, 5.74) is 7.38. The van der Waals surface area contributed by atoms with E-state index in [0.29, 0.717) is 5.69 Å². The van der Waals surface area contributed by atoms with Gasteiger partial charge >= 0.3 is 0 Å². The van der Waals surface area contributed by atoms with Crippen LogP contribution in [0.1, 0.15) is 18.9 Å². The summed E-state index contributed by atoms with van der Waals surface area (Å²) >= 11 is 5.98. The smallest absolute Gasteiger partial charge is 0.265 e. The highest BCUT2D eigenvalue weighted by Gasteiger charge is 2.21. The SMILES string of the molecule is CCCc1ccccc1NS(=O)(=O)c1c(N)cccc1Cl. The number of benzene rings is 2. The molecule has 0 atom stereocenters. The first-order chi connectivity index (χ1) is 9.95. The van der Waals surface area contributed by atoms with Crippen LogP contribution in [0, 0.1) is 0 Å². The van der Waals surface area contributed by atoms with Gasteiger partial charge in [-0.25, -0.2) is 8.42 Å². The minimum Gasteiger partial charge on any atom is -0.398 e. The van der Waals surface area contributed by atoms with Crippen molar-refractivity contribution in [2.45, 2.75) is 24.7 Å². The summed E-state index contributed by atoms with van der Waals surface area (Å²) < 4.78 is 27.6. The second-order valence-electron chi connectivity index (χ2n) is 4.67. The molecule has 0 spiro atoms. The van der Waals surface area contributed by atoms with E-state index in [2.05, 4.69) is 4.72 Å². The van der Waals surface area contributed by atoms with Gasteiger partial charge in [-0.05, 0) is 30.2 Å². The lowest BCUT2D eigenvalue weighted by Crippen LogP contribution is -2.16. The standard InChI is InChI=1S/C15H17ClN2O2S/c1-2-6-11-7-3-4-10-14(11)18-21(19,20)15-12(16)8-5-9-13(15)17/h3-5,7-10,18H,2,6,17H2,1H3. The Morgan fingerprint density at radius 3 is 2.52 bits per heavy atom. The minimum absolute atomic E-state index is 0.0852. The first-order valence-electron chi connectivity index (χ1n) is 6.60. The van der Waals surface area contributed by atoms with E-state index >= 15 is 0 Å². The predicted octanol–water partition coefficient (Wildman–Crippen LogP) is 3.68. The molecule has 4 nitrogen and oxygen atoms in total. The average Bonchev–Trinajstić information content (AvgIpc) is 2.40. The molecule has 2 aromatic rings. The summed E-state index contributed by atoms with van der Waals surface area (Å²) in [6, 6.07) is 11.9. The van der Waals surface area contributed by atoms with Gasteiger partial charge in [0.1, 0.15) is 4.90 Å². The molecule has 0 aliphatic carbocycles. The maximum Gasteiger partial charge on any atom is 0.265 e. The fourth-order valence-electron chi connectivity index (χ4n) is 2.11. The lowest BCUT2D eigenvalue weighted by atomic mass is 10.1. The number of hydrogen-bond donors (Lipinski definition) is 2. The molecular formula is C15H17ClN2O2S. The largest absolute Gasteiger partial charge is 0.398 e. The van der Waals surface area contributed by atoms with Crippen LogP contribution < -0.4 is 10.5 Å². The summed E-state index contributed by atoms with van der Waals surface area (Å²) in [4.78, 5) is -0.0852. The van der Waals surface area contributed by atoms with Gasteiger partial charge in [0, 0.05) is 0 Å². The zero-order chi connectivity index (χ0) is 15.5. The molecule has 0 amide bonds. The Balaban J connectivity index is 2.43. The van der Waals surface area contributed by atoms with Crippen molar-refractivity contribution < 1.29 is 8.42 Å². The Labute approximate surface area is 130 Å². The predicted molar refractivity (Wildman–Crippen MR) is 87.1 cm³/mol. The molecule has 2 aromatic carbocycles. The molecule has 3 N–H and O–H groups in total. The van der Waals surface area contributed by atoms with E-state index in [1.54, 1.807) is 18.2 Å². The van der Waals surface area contributed by atoms with Gasteiger partial charge < -0.3 is 5.73 Å². The molecule has 21 heavy (non-hydrogen) atoms. The molecule has 0 unspecified atom stereocenters. The maximum atomic E-state index is 12.5. The van der Waals surface area contributed by atoms with Gasteiger partial charge in [0.2, 0.25) is 0 Å². The highest BCUT2D eigenvalue weighted by Crippen LogP contribution is 2.29. The number of rotatable bonds is 5. The number of anilines is 2. The first kappa shape index (κ1) is 15.7. The minimum atomic E-state index is -3.82. The third-order valence-corrected chi connectivity index (χ3v) is 4.96. The van der Waals surface area contributed by atoms with Crippen molar-refractivity contribution in [3.8, 4) is 0 Å². The highest BCUT2D eigenvalue weighted by atomic mass is 35.5. The number of aryl methyl sites for hydroxylation is 1. The zero-order valence-corrected chi connectivity index (χ0v) is 13.2. The lowest BCUT2D eigenvalue weighted by molar-refractivity contribution is 0.601. The van der Waals surface area contributed by atoms with Crippen LogP contribution in [-0.2, 0) is 16.4 Å². The molecule has 0 aliphatic heterocycles. The van der Waals surface area contributed by atoms with Crippen molar-refractivity contribution in [2.24, 2.45) is 0 Å². The van der Waals surface area contributed by atoms with Crippen LogP contribution in [0.3, 0.4) is 0 Å². The van der Waals surface area contributed by atoms with E-state index in [9.17, 15) is 8.42 Å². The van der Waals surface area contributed by atoms with Crippen molar-refractivity contribution in [1.29, 1.82) is 0 Å². The molecule has 6 heteroatoms. The van der Waals surface area contributed by atoms with Crippen molar-refractivity contribution in [1.82, 2.24) is 0 Å². The summed E-state index contributed by atoms with van der Waals surface area (Å²) in [6.07, 6.45) is 1.71. The second kappa shape index (κ2) is 6.37. The fourth-order valence-corrected chi connectivity index (χ4v) is 3.89. The summed E-state index contributed by atoms with van der Waals surface area (Å²) in [7, 11) is -3.82. The van der Waals surface area contributed by atoms with Gasteiger partial charge in [0.15, 0.2) is 0 Å². The number of sulfonamides is 1. The summed E-state index contributed by atoms with van der Waals surface area (Å²) in [6.45, 7) is 2.04. The number of nitrogen functional groups attached to an aromatic ring is 1. The topological polar surface area (TPSA) is 72.2 Å². The lowest BCUT2D eigenvalue weighted by Gasteiger charge is -2.14. The molecule has 2 rings (SSSR count). The molecule has 0 radical (unpaired) electrons. The van der Waals surface area contributed by atoms with E-state index in [0.717, 1.165) is 18.4 Å². The maximum absolute atomic E-state index is 12.5. The molecular weight excluding hydrogens is 308 g/mol. The van der Waals surface area contributed by atoms with Crippen molar-refractivity contribution >= 4 is 33.0 Å². The molecule has 0 fully saturated rings. The number of para-hydroxylation sites is 1. The van der Waals surface area contributed by atoms with E-state index in [1.807, 2.05) is 19.1 Å². The summed E-state index contributed by atoms with van der Waals surface area (Å²) in [5, 5.41) is 0.107. The van der Waals surface area contributed by atoms with E-state index in [-0.39, 0.29) is 15.6 Å². The Kier molecular flexibility index (Phi) is 4.75. The molecule has 0 saturated carbocycles. The third kappa shape index (κ3) is 3.49. The van der Waals surface area contributed by atoms with Gasteiger partial charge in [-0.2, -0.15) is 0 Å². The van der Waals surface area contributed by atoms with Crippen molar-refractivity contribution in [3.63, 3.8) is 0 Å². The third-order valence-electron chi connectivity index (χ3n) is 3.05. The molecule has 0 saturated heterocycles. The Hall–Kier alpha value is -1.72. The van der Waals surface area contributed by atoms with Crippen molar-refractivity contribution in [2.75, 3.05) is 10.5 Å². The molecule has 112 valence electrons. The van der Waals surface area contributed by atoms with Gasteiger partial charge in [-0.1, -0.05) is 49.2 Å². The Morgan fingerprint density at radius 2 is 1.86 bits per heavy atom. The fraction of sp³-hybridized carbons (Fsp3) is 0.200. The average molecular weight is 325 g/mol. The van der Waals surface area contributed by atoms with Gasteiger partial charge in [-0.3, -0.25) is 4.72 Å². The van der Waals surface area contributed by atoms with Gasteiger partial charge in [0.25, 0.3) is 10.0 Å². The van der Waals surface area contributed by atoms with Crippen LogP contribution in [0.5, 0.6) is 0 Å². The number of halogens is 1. The zero-order valence-electron chi connectivity index (χ0n) is 11.6. The first-order valence-corrected chi connectivity index (χ1v) is 8.46. The summed E-state index contributed by atoms with van der Waals surface area (Å²) in [5.74, 6) is 0. The van der Waals surface area contributed by atoms with E-state index < -0.39 is 10.0 Å². The molecule has 0 bridgehead atoms.